The number of unbranched alkanes of at least 4 members (excludes halogenated alkanes) is 12. The van der Waals surface area contributed by atoms with Crippen LogP contribution in [0.15, 0.2) is 0 Å². The largest absolute Gasteiger partial charge is 0.481 e. The molecular formula is C30H58NO6+. The highest BCUT2D eigenvalue weighted by atomic mass is 16.4. The van der Waals surface area contributed by atoms with E-state index in [2.05, 4.69) is 6.92 Å². The van der Waals surface area contributed by atoms with Gasteiger partial charge in [-0.2, -0.15) is 0 Å². The first-order chi connectivity index (χ1) is 17.5. The molecule has 0 aliphatic carbocycles. The van der Waals surface area contributed by atoms with Gasteiger partial charge >= 0.3 is 17.9 Å². The molecule has 0 aromatic heterocycles. The van der Waals surface area contributed by atoms with Crippen molar-refractivity contribution in [1.82, 2.24) is 0 Å². The van der Waals surface area contributed by atoms with Crippen molar-refractivity contribution in [2.45, 2.75) is 130 Å². The number of rotatable bonds is 26. The summed E-state index contributed by atoms with van der Waals surface area (Å²) in [5, 5.41) is 28.2. The standard InChI is InChI=1S/C30H57NO6/c1-5-6-7-8-9-10-11-12-13-14-15-16-17-21-31(22-18-25(2)28(32)33,23-19-26(3)29(34)35)24-20-27(4)30(36)37/h25-27H,5-24H2,1-4H3,(H2-,32,33,34,35,36,37)/p+1. The molecule has 0 rings (SSSR count). The molecule has 0 fully saturated rings. The fourth-order valence-corrected chi connectivity index (χ4v) is 4.91. The summed E-state index contributed by atoms with van der Waals surface area (Å²) in [6.07, 6.45) is 18.1. The molecule has 3 atom stereocenters. The highest BCUT2D eigenvalue weighted by Gasteiger charge is 2.31. The van der Waals surface area contributed by atoms with Crippen LogP contribution in [0.4, 0.5) is 0 Å². The Kier molecular flexibility index (Phi) is 20.4. The monoisotopic (exact) mass is 528 g/mol. The summed E-state index contributed by atoms with van der Waals surface area (Å²) in [4.78, 5) is 34.4. The molecule has 3 unspecified atom stereocenters. The molecule has 7 nitrogen and oxygen atoms in total. The van der Waals surface area contributed by atoms with E-state index in [1.54, 1.807) is 20.8 Å². The predicted octanol–water partition coefficient (Wildman–Crippen LogP) is 7.23. The molecule has 0 spiro atoms. The van der Waals surface area contributed by atoms with E-state index in [0.717, 1.165) is 19.4 Å². The van der Waals surface area contributed by atoms with Gasteiger partial charge in [0.2, 0.25) is 0 Å². The molecule has 0 radical (unpaired) electrons. The number of nitrogens with zero attached hydrogens (tertiary/aromatic N) is 1. The van der Waals surface area contributed by atoms with Gasteiger partial charge in [-0.25, -0.2) is 0 Å². The van der Waals surface area contributed by atoms with E-state index < -0.39 is 35.7 Å². The Bertz CT molecular complexity index is 563. The Balaban J connectivity index is 4.80. The highest BCUT2D eigenvalue weighted by molar-refractivity contribution is 5.70. The van der Waals surface area contributed by atoms with Crippen LogP contribution in [0.25, 0.3) is 0 Å². The number of carbonyl (C=O) groups is 3. The van der Waals surface area contributed by atoms with Gasteiger partial charge in [0.25, 0.3) is 0 Å². The van der Waals surface area contributed by atoms with Gasteiger partial charge in [0.05, 0.1) is 43.9 Å². The molecule has 0 heterocycles. The summed E-state index contributed by atoms with van der Waals surface area (Å²) in [5.74, 6) is -3.89. The van der Waals surface area contributed by atoms with Crippen LogP contribution in [-0.4, -0.2) is 63.9 Å². The third-order valence-corrected chi connectivity index (χ3v) is 8.11. The number of hydrogen-bond donors (Lipinski definition) is 3. The van der Waals surface area contributed by atoms with Gasteiger partial charge in [-0.15, -0.1) is 0 Å². The fourth-order valence-electron chi connectivity index (χ4n) is 4.91. The van der Waals surface area contributed by atoms with Gasteiger partial charge in [0.15, 0.2) is 0 Å². The SMILES string of the molecule is CCCCCCCCCCCCCCC[N+](CCC(C)C(=O)O)(CCC(C)C(=O)O)CCC(C)C(=O)O. The second kappa shape index (κ2) is 21.3. The lowest BCUT2D eigenvalue weighted by Crippen LogP contribution is -2.52. The van der Waals surface area contributed by atoms with Crippen LogP contribution in [-0.2, 0) is 14.4 Å². The lowest BCUT2D eigenvalue weighted by molar-refractivity contribution is -0.929. The van der Waals surface area contributed by atoms with Crippen molar-refractivity contribution in [3.8, 4) is 0 Å². The van der Waals surface area contributed by atoms with E-state index in [9.17, 15) is 29.7 Å². The summed E-state index contributed by atoms with van der Waals surface area (Å²) >= 11 is 0. The number of hydrogen-bond acceptors (Lipinski definition) is 3. The Morgan fingerprint density at radius 2 is 0.757 bits per heavy atom. The first-order valence-electron chi connectivity index (χ1n) is 15.1. The lowest BCUT2D eigenvalue weighted by atomic mass is 10.0. The maximum Gasteiger partial charge on any atom is 0.306 e. The third-order valence-electron chi connectivity index (χ3n) is 8.11. The molecule has 0 saturated heterocycles. The zero-order valence-corrected chi connectivity index (χ0v) is 24.4. The van der Waals surface area contributed by atoms with Crippen LogP contribution in [0, 0.1) is 17.8 Å². The van der Waals surface area contributed by atoms with E-state index in [-0.39, 0.29) is 0 Å². The number of carboxylic acid groups (broad SMARTS) is 3. The molecule has 0 amide bonds. The van der Waals surface area contributed by atoms with E-state index in [1.165, 1.54) is 70.6 Å². The van der Waals surface area contributed by atoms with Crippen LogP contribution in [0.5, 0.6) is 0 Å². The zero-order valence-electron chi connectivity index (χ0n) is 24.4. The molecule has 0 bridgehead atoms. The summed E-state index contributed by atoms with van der Waals surface area (Å²) in [5.41, 5.74) is 0. The minimum atomic E-state index is -0.822. The van der Waals surface area contributed by atoms with Crippen molar-refractivity contribution in [2.24, 2.45) is 17.8 Å². The van der Waals surface area contributed by atoms with Crippen molar-refractivity contribution >= 4 is 17.9 Å². The lowest BCUT2D eigenvalue weighted by Gasteiger charge is -2.40. The van der Waals surface area contributed by atoms with Gasteiger partial charge in [-0.1, -0.05) is 98.3 Å². The minimum Gasteiger partial charge on any atom is -0.481 e. The highest BCUT2D eigenvalue weighted by Crippen LogP contribution is 2.22. The topological polar surface area (TPSA) is 112 Å². The second-order valence-corrected chi connectivity index (χ2v) is 11.6. The quantitative estimate of drug-likeness (QED) is 0.0806. The summed E-state index contributed by atoms with van der Waals surface area (Å²) in [7, 11) is 0. The van der Waals surface area contributed by atoms with Gasteiger partial charge in [-0.3, -0.25) is 14.4 Å². The van der Waals surface area contributed by atoms with E-state index in [4.69, 9.17) is 0 Å². The van der Waals surface area contributed by atoms with Crippen LogP contribution in [0.3, 0.4) is 0 Å². The average molecular weight is 529 g/mol. The Morgan fingerprint density at radius 3 is 1.03 bits per heavy atom. The summed E-state index contributed by atoms with van der Waals surface area (Å²) in [6, 6.07) is 0. The van der Waals surface area contributed by atoms with Gasteiger partial charge in [0.1, 0.15) is 0 Å². The molecule has 0 aliphatic heterocycles. The number of carboxylic acids is 3. The second-order valence-electron chi connectivity index (χ2n) is 11.6. The molecule has 0 aromatic rings. The minimum absolute atomic E-state index is 0.474. The number of aliphatic carboxylic acids is 3. The van der Waals surface area contributed by atoms with Crippen molar-refractivity contribution < 1.29 is 34.2 Å². The zero-order chi connectivity index (χ0) is 28.1. The summed E-state index contributed by atoms with van der Waals surface area (Å²) in [6.45, 7) is 10.2. The number of quaternary nitrogens is 1. The average Bonchev–Trinajstić information content (AvgIpc) is 2.86. The van der Waals surface area contributed by atoms with Gasteiger partial charge < -0.3 is 19.8 Å². The van der Waals surface area contributed by atoms with Crippen molar-refractivity contribution in [3.05, 3.63) is 0 Å². The molecular weight excluding hydrogens is 470 g/mol. The van der Waals surface area contributed by atoms with Crippen molar-refractivity contribution in [2.75, 3.05) is 26.2 Å². The molecule has 0 aromatic carbocycles. The molecule has 218 valence electrons. The van der Waals surface area contributed by atoms with Crippen LogP contribution in [0.1, 0.15) is 130 Å². The Labute approximate surface area is 226 Å². The third kappa shape index (κ3) is 18.3. The van der Waals surface area contributed by atoms with Crippen LogP contribution < -0.4 is 0 Å². The Morgan fingerprint density at radius 1 is 0.486 bits per heavy atom. The van der Waals surface area contributed by atoms with Crippen molar-refractivity contribution in [1.29, 1.82) is 0 Å². The first kappa shape index (κ1) is 35.4. The van der Waals surface area contributed by atoms with Crippen molar-refractivity contribution in [3.63, 3.8) is 0 Å². The molecule has 3 N–H and O–H groups in total. The van der Waals surface area contributed by atoms with E-state index >= 15 is 0 Å². The van der Waals surface area contributed by atoms with Crippen LogP contribution >= 0.6 is 0 Å². The fraction of sp³-hybridized carbons (Fsp3) is 0.900. The first-order valence-corrected chi connectivity index (χ1v) is 15.1. The molecule has 0 saturated carbocycles. The predicted molar refractivity (Wildman–Crippen MR) is 150 cm³/mol. The van der Waals surface area contributed by atoms with Gasteiger partial charge in [0, 0.05) is 19.3 Å². The molecule has 37 heavy (non-hydrogen) atoms. The van der Waals surface area contributed by atoms with Crippen LogP contribution in [0.2, 0.25) is 0 Å². The van der Waals surface area contributed by atoms with E-state index in [1.807, 2.05) is 0 Å². The molecule has 7 heteroatoms. The summed E-state index contributed by atoms with van der Waals surface area (Å²) < 4.78 is 0.616. The smallest absolute Gasteiger partial charge is 0.306 e. The molecule has 0 aliphatic rings. The maximum atomic E-state index is 11.5. The normalized spacial score (nSPS) is 15.6. The maximum absolute atomic E-state index is 11.5. The van der Waals surface area contributed by atoms with Gasteiger partial charge in [-0.05, 0) is 12.8 Å². The van der Waals surface area contributed by atoms with E-state index in [0.29, 0.717) is 43.4 Å². The Hall–Kier alpha value is -1.63.